The van der Waals surface area contributed by atoms with E-state index in [-0.39, 0.29) is 0 Å². The third kappa shape index (κ3) is 3.44. The first kappa shape index (κ1) is 24.4. The van der Waals surface area contributed by atoms with Gasteiger partial charge in [-0.05, 0) is 72.8 Å². The quantitative estimate of drug-likeness (QED) is 0.175. The molecule has 0 unspecified atom stereocenters. The highest BCUT2D eigenvalue weighted by Crippen LogP contribution is 2.47. The molecule has 0 aliphatic rings. The number of rotatable bonds is 2. The van der Waals surface area contributed by atoms with Crippen molar-refractivity contribution in [1.82, 2.24) is 0 Å². The van der Waals surface area contributed by atoms with Crippen molar-refractivity contribution >= 4 is 95.3 Å². The molecule has 0 spiro atoms. The van der Waals surface area contributed by atoms with Gasteiger partial charge in [0.15, 0.2) is 0 Å². The van der Waals surface area contributed by atoms with Crippen molar-refractivity contribution in [2.24, 2.45) is 0 Å². The van der Waals surface area contributed by atoms with E-state index in [1.165, 1.54) is 94.9 Å². The fourth-order valence-electron chi connectivity index (χ4n) is 7.27. The molecular weight excluding hydrogens is 569 g/mol. The smallest absolute Gasteiger partial charge is 0.0534 e. The minimum Gasteiger partial charge on any atom is -0.134 e. The van der Waals surface area contributed by atoms with Gasteiger partial charge in [0, 0.05) is 30.9 Å². The summed E-state index contributed by atoms with van der Waals surface area (Å²) >= 11 is 3.86. The van der Waals surface area contributed by atoms with Crippen LogP contribution >= 0.6 is 22.7 Å². The Kier molecular flexibility index (Phi) is 5.13. The highest BCUT2D eigenvalue weighted by Gasteiger charge is 2.18. The van der Waals surface area contributed by atoms with Crippen molar-refractivity contribution in [3.8, 4) is 22.3 Å². The van der Waals surface area contributed by atoms with Crippen LogP contribution in [0, 0.1) is 0 Å². The maximum atomic E-state index is 2.43. The van der Waals surface area contributed by atoms with Gasteiger partial charge in [0.2, 0.25) is 0 Å². The van der Waals surface area contributed by atoms with Gasteiger partial charge in [-0.1, -0.05) is 127 Å². The maximum absolute atomic E-state index is 2.43. The Morgan fingerprint density at radius 2 is 0.750 bits per heavy atom. The van der Waals surface area contributed by atoms with Gasteiger partial charge in [-0.15, -0.1) is 22.7 Å². The van der Waals surface area contributed by atoms with Gasteiger partial charge in [0.25, 0.3) is 0 Å². The van der Waals surface area contributed by atoms with Gasteiger partial charge in [-0.3, -0.25) is 0 Å². The normalized spacial score (nSPS) is 12.1. The number of fused-ring (bicyclic) bond motifs is 10. The van der Waals surface area contributed by atoms with Crippen LogP contribution in [0.5, 0.6) is 0 Å². The Bertz CT molecular complexity index is 2720. The molecule has 10 aromatic rings. The lowest BCUT2D eigenvalue weighted by Gasteiger charge is -2.18. The van der Waals surface area contributed by atoms with E-state index < -0.39 is 0 Å². The van der Waals surface area contributed by atoms with Crippen molar-refractivity contribution in [2.75, 3.05) is 0 Å². The van der Waals surface area contributed by atoms with Crippen LogP contribution < -0.4 is 0 Å². The minimum absolute atomic E-state index is 1.26. The molecule has 10 rings (SSSR count). The lowest BCUT2D eigenvalue weighted by Crippen LogP contribution is -1.90. The van der Waals surface area contributed by atoms with Crippen LogP contribution in [-0.4, -0.2) is 0 Å². The number of thiophene rings is 2. The fraction of sp³-hybridized carbons (Fsp3) is 0. The van der Waals surface area contributed by atoms with E-state index in [4.69, 9.17) is 0 Å². The SMILES string of the molecule is c1ccc2cc(-c3c4ccccc4c(-c4ccc5c(c4)sc4c5ccc5c6ccccc6sc54)c4ccccc34)ccc2c1. The van der Waals surface area contributed by atoms with Crippen molar-refractivity contribution in [3.05, 3.63) is 146 Å². The molecular formula is C42H24S2. The number of hydrogen-bond donors (Lipinski definition) is 0. The number of benzene rings is 8. The molecule has 2 aromatic heterocycles. The summed E-state index contributed by atoms with van der Waals surface area (Å²) in [5, 5.41) is 13.1. The Morgan fingerprint density at radius 1 is 0.295 bits per heavy atom. The van der Waals surface area contributed by atoms with Crippen molar-refractivity contribution in [3.63, 3.8) is 0 Å². The fourth-order valence-corrected chi connectivity index (χ4v) is 9.85. The van der Waals surface area contributed by atoms with Gasteiger partial charge in [0.1, 0.15) is 0 Å². The first-order valence-corrected chi connectivity index (χ1v) is 16.6. The Labute approximate surface area is 262 Å². The van der Waals surface area contributed by atoms with E-state index in [9.17, 15) is 0 Å². The predicted molar refractivity (Wildman–Crippen MR) is 196 cm³/mol. The maximum Gasteiger partial charge on any atom is 0.0534 e. The summed E-state index contributed by atoms with van der Waals surface area (Å²) < 4.78 is 5.51. The molecule has 0 fully saturated rings. The van der Waals surface area contributed by atoms with Crippen molar-refractivity contribution in [1.29, 1.82) is 0 Å². The van der Waals surface area contributed by atoms with E-state index in [1.807, 2.05) is 22.7 Å². The molecule has 0 saturated carbocycles. The van der Waals surface area contributed by atoms with Gasteiger partial charge >= 0.3 is 0 Å². The van der Waals surface area contributed by atoms with Crippen LogP contribution in [0.4, 0.5) is 0 Å². The van der Waals surface area contributed by atoms with E-state index in [1.54, 1.807) is 0 Å². The Morgan fingerprint density at radius 3 is 1.41 bits per heavy atom. The molecule has 2 heteroatoms. The minimum atomic E-state index is 1.26. The lowest BCUT2D eigenvalue weighted by atomic mass is 9.85. The molecule has 0 bridgehead atoms. The number of hydrogen-bond acceptors (Lipinski definition) is 2. The average Bonchev–Trinajstić information content (AvgIpc) is 3.65. The molecule has 44 heavy (non-hydrogen) atoms. The molecule has 204 valence electrons. The summed E-state index contributed by atoms with van der Waals surface area (Å²) in [6.07, 6.45) is 0. The summed E-state index contributed by atoms with van der Waals surface area (Å²) in [5.41, 5.74) is 5.15. The van der Waals surface area contributed by atoms with Gasteiger partial charge in [-0.2, -0.15) is 0 Å². The summed E-state index contributed by atoms with van der Waals surface area (Å²) in [4.78, 5) is 0. The van der Waals surface area contributed by atoms with Gasteiger partial charge in [-0.25, -0.2) is 0 Å². The first-order chi connectivity index (χ1) is 21.8. The highest BCUT2D eigenvalue weighted by atomic mass is 32.1. The third-order valence-electron chi connectivity index (χ3n) is 9.24. The average molecular weight is 593 g/mol. The summed E-state index contributed by atoms with van der Waals surface area (Å²) in [6, 6.07) is 54.0. The summed E-state index contributed by atoms with van der Waals surface area (Å²) in [5.74, 6) is 0. The monoisotopic (exact) mass is 592 g/mol. The van der Waals surface area contributed by atoms with E-state index in [0.717, 1.165) is 0 Å². The molecule has 8 aromatic carbocycles. The Balaban J connectivity index is 1.25. The molecule has 0 radical (unpaired) electrons. The topological polar surface area (TPSA) is 0 Å². The second kappa shape index (κ2) is 9.24. The largest absolute Gasteiger partial charge is 0.134 e. The van der Waals surface area contributed by atoms with Crippen LogP contribution in [-0.2, 0) is 0 Å². The standard InChI is InChI=1S/C42H24S2/c1-2-10-26-23-27(18-17-25(26)9-1)39-31-12-3-5-14-33(31)40(34-15-6-4-13-32(34)39)28-19-20-30-36-22-21-35-29-11-7-8-16-37(29)43-41(35)42(36)44-38(30)24-28/h1-24H. The van der Waals surface area contributed by atoms with Crippen LogP contribution in [0.2, 0.25) is 0 Å². The molecule has 0 nitrogen and oxygen atoms in total. The molecule has 0 atom stereocenters. The second-order valence-electron chi connectivity index (χ2n) is 11.6. The summed E-state index contributed by atoms with van der Waals surface area (Å²) in [7, 11) is 0. The zero-order valence-corrected chi connectivity index (χ0v) is 25.3. The van der Waals surface area contributed by atoms with Crippen LogP contribution in [0.15, 0.2) is 146 Å². The lowest BCUT2D eigenvalue weighted by molar-refractivity contribution is 1.69. The molecule has 0 aliphatic carbocycles. The predicted octanol–water partition coefficient (Wildman–Crippen LogP) is 13.2. The Hall–Kier alpha value is -5.02. The van der Waals surface area contributed by atoms with Gasteiger partial charge in [0.05, 0.1) is 9.40 Å². The molecule has 0 aliphatic heterocycles. The first-order valence-electron chi connectivity index (χ1n) is 15.0. The van der Waals surface area contributed by atoms with E-state index >= 15 is 0 Å². The zero-order valence-electron chi connectivity index (χ0n) is 23.7. The molecule has 0 saturated heterocycles. The summed E-state index contributed by atoms with van der Waals surface area (Å²) in [6.45, 7) is 0. The van der Waals surface area contributed by atoms with Crippen LogP contribution in [0.3, 0.4) is 0 Å². The highest BCUT2D eigenvalue weighted by molar-refractivity contribution is 7.33. The van der Waals surface area contributed by atoms with E-state index in [2.05, 4.69) is 146 Å². The second-order valence-corrected chi connectivity index (χ2v) is 13.7. The molecule has 2 heterocycles. The van der Waals surface area contributed by atoms with E-state index in [0.29, 0.717) is 0 Å². The molecule has 0 amide bonds. The van der Waals surface area contributed by atoms with Crippen molar-refractivity contribution < 1.29 is 0 Å². The van der Waals surface area contributed by atoms with Gasteiger partial charge < -0.3 is 0 Å². The zero-order chi connectivity index (χ0) is 28.8. The van der Waals surface area contributed by atoms with Crippen LogP contribution in [0.1, 0.15) is 0 Å². The van der Waals surface area contributed by atoms with Crippen LogP contribution in [0.25, 0.3) is 94.9 Å². The third-order valence-corrected chi connectivity index (χ3v) is 11.8. The van der Waals surface area contributed by atoms with Crippen molar-refractivity contribution in [2.45, 2.75) is 0 Å². The molecule has 0 N–H and O–H groups in total.